The number of benzene rings is 1. The molecule has 4 nitrogen and oxygen atoms in total. The highest BCUT2D eigenvalue weighted by Crippen LogP contribution is 2.23. The highest BCUT2D eigenvalue weighted by Gasteiger charge is 2.20. The molecule has 0 spiro atoms. The molecule has 0 bridgehead atoms. The number of anilines is 1. The first kappa shape index (κ1) is 14.2. The Morgan fingerprint density at radius 1 is 1.32 bits per heavy atom. The van der Waals surface area contributed by atoms with Crippen molar-refractivity contribution in [2.45, 2.75) is 13.8 Å². The number of amides is 2. The molecule has 0 saturated carbocycles. The number of carbonyl (C=O) groups excluding carboxylic acids is 1. The Bertz CT molecular complexity index is 456. The first-order chi connectivity index (χ1) is 9.11. The number of piperazine rings is 1. The summed E-state index contributed by atoms with van der Waals surface area (Å²) in [6.07, 6.45) is 0. The first-order valence-electron chi connectivity index (χ1n) is 6.65. The van der Waals surface area contributed by atoms with Crippen LogP contribution < -0.4 is 5.32 Å². The number of rotatable bonds is 2. The third kappa shape index (κ3) is 3.39. The molecule has 5 heteroatoms. The Morgan fingerprint density at radius 3 is 2.63 bits per heavy atom. The van der Waals surface area contributed by atoms with Gasteiger partial charge in [-0.15, -0.1) is 0 Å². The van der Waals surface area contributed by atoms with E-state index in [0.29, 0.717) is 5.02 Å². The lowest BCUT2D eigenvalue weighted by Gasteiger charge is -2.34. The Balaban J connectivity index is 1.96. The quantitative estimate of drug-likeness (QED) is 0.905. The van der Waals surface area contributed by atoms with Crippen LogP contribution in [0.25, 0.3) is 0 Å². The van der Waals surface area contributed by atoms with Gasteiger partial charge in [0.2, 0.25) is 0 Å². The third-order valence-corrected chi connectivity index (χ3v) is 4.03. The molecule has 1 aliphatic heterocycles. The van der Waals surface area contributed by atoms with Gasteiger partial charge < -0.3 is 15.1 Å². The number of nitrogens with zero attached hydrogens (tertiary/aromatic N) is 2. The number of urea groups is 1. The first-order valence-corrected chi connectivity index (χ1v) is 7.03. The van der Waals surface area contributed by atoms with Gasteiger partial charge in [-0.25, -0.2) is 4.79 Å². The van der Waals surface area contributed by atoms with Crippen molar-refractivity contribution < 1.29 is 4.79 Å². The SMILES string of the molecule is CCN1CCN(C(=O)Nc2cccc(Cl)c2C)CC1. The molecule has 1 fully saturated rings. The highest BCUT2D eigenvalue weighted by atomic mass is 35.5. The average Bonchev–Trinajstić information content (AvgIpc) is 2.44. The van der Waals surface area contributed by atoms with Crippen LogP contribution in [0.4, 0.5) is 10.5 Å². The third-order valence-electron chi connectivity index (χ3n) is 3.62. The molecule has 1 aliphatic rings. The summed E-state index contributed by atoms with van der Waals surface area (Å²) in [5, 5.41) is 3.61. The van der Waals surface area contributed by atoms with Crippen molar-refractivity contribution in [3.8, 4) is 0 Å². The summed E-state index contributed by atoms with van der Waals surface area (Å²) in [5.41, 5.74) is 1.69. The summed E-state index contributed by atoms with van der Waals surface area (Å²) < 4.78 is 0. The van der Waals surface area contributed by atoms with Crippen molar-refractivity contribution in [3.63, 3.8) is 0 Å². The molecule has 1 heterocycles. The molecule has 1 saturated heterocycles. The van der Waals surface area contributed by atoms with E-state index in [2.05, 4.69) is 17.1 Å². The van der Waals surface area contributed by atoms with E-state index >= 15 is 0 Å². The van der Waals surface area contributed by atoms with Crippen LogP contribution in [0, 0.1) is 6.92 Å². The molecular weight excluding hydrogens is 262 g/mol. The average molecular weight is 282 g/mol. The molecule has 2 rings (SSSR count). The normalized spacial score (nSPS) is 16.5. The fraction of sp³-hybridized carbons (Fsp3) is 0.500. The summed E-state index contributed by atoms with van der Waals surface area (Å²) >= 11 is 6.05. The maximum absolute atomic E-state index is 12.2. The Labute approximate surface area is 119 Å². The number of carbonyl (C=O) groups is 1. The van der Waals surface area contributed by atoms with Crippen molar-refractivity contribution in [3.05, 3.63) is 28.8 Å². The molecule has 1 aromatic carbocycles. The van der Waals surface area contributed by atoms with Crippen LogP contribution >= 0.6 is 11.6 Å². The van der Waals surface area contributed by atoms with Crippen molar-refractivity contribution >= 4 is 23.3 Å². The molecule has 1 aromatic rings. The molecule has 0 aromatic heterocycles. The van der Waals surface area contributed by atoms with E-state index in [9.17, 15) is 4.79 Å². The minimum atomic E-state index is -0.0406. The number of nitrogens with one attached hydrogen (secondary N) is 1. The predicted molar refractivity (Wildman–Crippen MR) is 78.9 cm³/mol. The molecular formula is C14H20ClN3O. The van der Waals surface area contributed by atoms with Crippen LogP contribution in [0.3, 0.4) is 0 Å². The van der Waals surface area contributed by atoms with Gasteiger partial charge in [0.25, 0.3) is 0 Å². The maximum atomic E-state index is 12.2. The second-order valence-corrected chi connectivity index (χ2v) is 5.17. The topological polar surface area (TPSA) is 35.6 Å². The van der Waals surface area contributed by atoms with Crippen LogP contribution in [0.2, 0.25) is 5.02 Å². The fourth-order valence-corrected chi connectivity index (χ4v) is 2.38. The molecule has 2 amide bonds. The zero-order valence-corrected chi connectivity index (χ0v) is 12.2. The second kappa shape index (κ2) is 6.26. The zero-order chi connectivity index (χ0) is 13.8. The lowest BCUT2D eigenvalue weighted by atomic mass is 10.2. The van der Waals surface area contributed by atoms with E-state index in [1.165, 1.54) is 0 Å². The smallest absolute Gasteiger partial charge is 0.321 e. The van der Waals surface area contributed by atoms with Crippen molar-refractivity contribution in [2.24, 2.45) is 0 Å². The van der Waals surface area contributed by atoms with Gasteiger partial charge in [-0.2, -0.15) is 0 Å². The standard InChI is InChI=1S/C14H20ClN3O/c1-3-17-7-9-18(10-8-17)14(19)16-13-6-4-5-12(15)11(13)2/h4-6H,3,7-10H2,1-2H3,(H,16,19). The lowest BCUT2D eigenvalue weighted by Crippen LogP contribution is -2.49. The Morgan fingerprint density at radius 2 is 2.00 bits per heavy atom. The van der Waals surface area contributed by atoms with Gasteiger partial charge in [0.15, 0.2) is 0 Å². The summed E-state index contributed by atoms with van der Waals surface area (Å²) in [4.78, 5) is 16.4. The minimum Gasteiger partial charge on any atom is -0.322 e. The number of hydrogen-bond donors (Lipinski definition) is 1. The van der Waals surface area contributed by atoms with Gasteiger partial charge >= 0.3 is 6.03 Å². The molecule has 0 aliphatic carbocycles. The molecule has 0 atom stereocenters. The van der Waals surface area contributed by atoms with Crippen molar-refractivity contribution in [1.82, 2.24) is 9.80 Å². The largest absolute Gasteiger partial charge is 0.322 e. The van der Waals surface area contributed by atoms with Crippen molar-refractivity contribution in [1.29, 1.82) is 0 Å². The lowest BCUT2D eigenvalue weighted by molar-refractivity contribution is 0.151. The highest BCUT2D eigenvalue weighted by molar-refractivity contribution is 6.31. The molecule has 0 radical (unpaired) electrons. The molecule has 19 heavy (non-hydrogen) atoms. The van der Waals surface area contributed by atoms with E-state index in [1.54, 1.807) is 0 Å². The van der Waals surface area contributed by atoms with Gasteiger partial charge in [0.05, 0.1) is 0 Å². The van der Waals surface area contributed by atoms with Crippen LogP contribution in [0.5, 0.6) is 0 Å². The van der Waals surface area contributed by atoms with Gasteiger partial charge in [0, 0.05) is 36.9 Å². The van der Waals surface area contributed by atoms with Crippen LogP contribution in [-0.4, -0.2) is 48.6 Å². The monoisotopic (exact) mass is 281 g/mol. The van der Waals surface area contributed by atoms with E-state index < -0.39 is 0 Å². The Kier molecular flexibility index (Phi) is 4.66. The van der Waals surface area contributed by atoms with E-state index in [1.807, 2.05) is 30.0 Å². The van der Waals surface area contributed by atoms with E-state index in [0.717, 1.165) is 44.0 Å². The molecule has 1 N–H and O–H groups in total. The molecule has 0 unspecified atom stereocenters. The van der Waals surface area contributed by atoms with Crippen molar-refractivity contribution in [2.75, 3.05) is 38.0 Å². The molecule has 104 valence electrons. The van der Waals surface area contributed by atoms with Crippen LogP contribution in [0.15, 0.2) is 18.2 Å². The summed E-state index contributed by atoms with van der Waals surface area (Å²) in [5.74, 6) is 0. The van der Waals surface area contributed by atoms with Gasteiger partial charge in [0.1, 0.15) is 0 Å². The minimum absolute atomic E-state index is 0.0406. The van der Waals surface area contributed by atoms with Gasteiger partial charge in [-0.05, 0) is 31.2 Å². The Hall–Kier alpha value is -1.26. The predicted octanol–water partition coefficient (Wildman–Crippen LogP) is 2.82. The van der Waals surface area contributed by atoms with Crippen LogP contribution in [0.1, 0.15) is 12.5 Å². The van der Waals surface area contributed by atoms with E-state index in [-0.39, 0.29) is 6.03 Å². The number of hydrogen-bond acceptors (Lipinski definition) is 2. The van der Waals surface area contributed by atoms with E-state index in [4.69, 9.17) is 11.6 Å². The fourth-order valence-electron chi connectivity index (χ4n) is 2.20. The zero-order valence-electron chi connectivity index (χ0n) is 11.4. The van der Waals surface area contributed by atoms with Crippen LogP contribution in [-0.2, 0) is 0 Å². The maximum Gasteiger partial charge on any atom is 0.321 e. The second-order valence-electron chi connectivity index (χ2n) is 4.76. The number of halogens is 1. The van der Waals surface area contributed by atoms with Gasteiger partial charge in [-0.1, -0.05) is 24.6 Å². The van der Waals surface area contributed by atoms with Gasteiger partial charge in [-0.3, -0.25) is 0 Å². The summed E-state index contributed by atoms with van der Waals surface area (Å²) in [7, 11) is 0. The summed E-state index contributed by atoms with van der Waals surface area (Å²) in [6, 6.07) is 5.51. The number of likely N-dealkylation sites (N-methyl/N-ethyl adjacent to an activating group) is 1. The summed E-state index contributed by atoms with van der Waals surface area (Å²) in [6.45, 7) is 8.54.